The van der Waals surface area contributed by atoms with Gasteiger partial charge in [-0.3, -0.25) is 4.79 Å². The van der Waals surface area contributed by atoms with Crippen LogP contribution in [0.4, 0.5) is 5.82 Å². The monoisotopic (exact) mass is 326 g/mol. The molecule has 0 spiro atoms. The zero-order valence-corrected chi connectivity index (χ0v) is 14.9. The molecule has 1 aromatic carbocycles. The maximum Gasteiger partial charge on any atom is 0.274 e. The van der Waals surface area contributed by atoms with Crippen molar-refractivity contribution >= 4 is 11.7 Å². The van der Waals surface area contributed by atoms with E-state index in [9.17, 15) is 4.79 Å². The van der Waals surface area contributed by atoms with E-state index >= 15 is 0 Å². The van der Waals surface area contributed by atoms with Gasteiger partial charge in [-0.25, -0.2) is 0 Å². The summed E-state index contributed by atoms with van der Waals surface area (Å²) in [7, 11) is 0. The SMILES string of the molecule is CCN(CC)c1ccc(C(=O)N(Cc2ccccc2)C(C)C)nn1. The standard InChI is InChI=1S/C19H26N4O/c1-5-22(6-2)18-13-12-17(20-21-18)19(24)23(15(3)4)14-16-10-8-7-9-11-16/h7-13,15H,5-6,14H2,1-4H3. The van der Waals surface area contributed by atoms with Crippen LogP contribution in [-0.4, -0.2) is 40.1 Å². The molecule has 0 atom stereocenters. The van der Waals surface area contributed by atoms with E-state index in [-0.39, 0.29) is 11.9 Å². The van der Waals surface area contributed by atoms with Crippen LogP contribution in [0, 0.1) is 0 Å². The highest BCUT2D eigenvalue weighted by molar-refractivity contribution is 5.92. The Morgan fingerprint density at radius 3 is 2.17 bits per heavy atom. The van der Waals surface area contributed by atoms with Gasteiger partial charge in [0.05, 0.1) is 0 Å². The lowest BCUT2D eigenvalue weighted by Gasteiger charge is -2.26. The molecule has 0 aliphatic carbocycles. The number of hydrogen-bond donors (Lipinski definition) is 0. The van der Waals surface area contributed by atoms with Gasteiger partial charge in [-0.05, 0) is 45.4 Å². The smallest absolute Gasteiger partial charge is 0.274 e. The van der Waals surface area contributed by atoms with Crippen LogP contribution in [0.5, 0.6) is 0 Å². The highest BCUT2D eigenvalue weighted by Crippen LogP contribution is 2.14. The molecule has 0 bridgehead atoms. The molecule has 24 heavy (non-hydrogen) atoms. The third-order valence-corrected chi connectivity index (χ3v) is 4.04. The molecule has 2 aromatic rings. The second-order valence-corrected chi connectivity index (χ2v) is 5.96. The molecule has 0 saturated carbocycles. The van der Waals surface area contributed by atoms with Crippen molar-refractivity contribution in [3.05, 3.63) is 53.7 Å². The predicted octanol–water partition coefficient (Wildman–Crippen LogP) is 3.37. The van der Waals surface area contributed by atoms with E-state index in [1.807, 2.05) is 55.1 Å². The van der Waals surface area contributed by atoms with Crippen molar-refractivity contribution in [3.8, 4) is 0 Å². The summed E-state index contributed by atoms with van der Waals surface area (Å²) in [6.45, 7) is 10.5. The second kappa shape index (κ2) is 8.43. The van der Waals surface area contributed by atoms with E-state index in [1.165, 1.54) is 0 Å². The zero-order valence-electron chi connectivity index (χ0n) is 14.9. The Morgan fingerprint density at radius 1 is 1.00 bits per heavy atom. The van der Waals surface area contributed by atoms with Crippen LogP contribution in [0.2, 0.25) is 0 Å². The molecule has 0 fully saturated rings. The van der Waals surface area contributed by atoms with Crippen molar-refractivity contribution in [3.63, 3.8) is 0 Å². The lowest BCUT2D eigenvalue weighted by molar-refractivity contribution is 0.0683. The van der Waals surface area contributed by atoms with Gasteiger partial charge in [0.1, 0.15) is 0 Å². The van der Waals surface area contributed by atoms with Gasteiger partial charge < -0.3 is 9.80 Å². The average molecular weight is 326 g/mol. The van der Waals surface area contributed by atoms with E-state index in [1.54, 1.807) is 6.07 Å². The summed E-state index contributed by atoms with van der Waals surface area (Å²) in [5.74, 6) is 0.711. The summed E-state index contributed by atoms with van der Waals surface area (Å²) in [5, 5.41) is 8.38. The van der Waals surface area contributed by atoms with Crippen molar-refractivity contribution in [2.45, 2.75) is 40.3 Å². The first-order chi connectivity index (χ1) is 11.6. The van der Waals surface area contributed by atoms with Gasteiger partial charge in [-0.1, -0.05) is 30.3 Å². The maximum absolute atomic E-state index is 12.8. The Kier molecular flexibility index (Phi) is 6.29. The topological polar surface area (TPSA) is 49.3 Å². The summed E-state index contributed by atoms with van der Waals surface area (Å²) in [5.41, 5.74) is 1.49. The summed E-state index contributed by atoms with van der Waals surface area (Å²) in [6.07, 6.45) is 0. The van der Waals surface area contributed by atoms with Gasteiger partial charge in [0.15, 0.2) is 11.5 Å². The molecule has 1 heterocycles. The van der Waals surface area contributed by atoms with Crippen LogP contribution in [0.15, 0.2) is 42.5 Å². The molecule has 2 rings (SSSR count). The first kappa shape index (κ1) is 17.9. The van der Waals surface area contributed by atoms with Crippen molar-refractivity contribution in [1.82, 2.24) is 15.1 Å². The number of benzene rings is 1. The largest absolute Gasteiger partial charge is 0.356 e. The number of aromatic nitrogens is 2. The Labute approximate surface area is 144 Å². The molecule has 0 saturated heterocycles. The molecule has 5 nitrogen and oxygen atoms in total. The van der Waals surface area contributed by atoms with Gasteiger partial charge >= 0.3 is 0 Å². The highest BCUT2D eigenvalue weighted by Gasteiger charge is 2.21. The fourth-order valence-corrected chi connectivity index (χ4v) is 2.57. The molecule has 1 amide bonds. The number of hydrogen-bond acceptors (Lipinski definition) is 4. The van der Waals surface area contributed by atoms with Crippen LogP contribution < -0.4 is 4.90 Å². The highest BCUT2D eigenvalue weighted by atomic mass is 16.2. The fraction of sp³-hybridized carbons (Fsp3) is 0.421. The van der Waals surface area contributed by atoms with E-state index in [0.29, 0.717) is 12.2 Å². The molecule has 0 N–H and O–H groups in total. The third-order valence-electron chi connectivity index (χ3n) is 4.04. The number of rotatable bonds is 7. The van der Waals surface area contributed by atoms with Crippen molar-refractivity contribution < 1.29 is 4.79 Å². The summed E-state index contributed by atoms with van der Waals surface area (Å²) >= 11 is 0. The van der Waals surface area contributed by atoms with E-state index in [2.05, 4.69) is 28.9 Å². The predicted molar refractivity (Wildman–Crippen MR) is 97.0 cm³/mol. The first-order valence-corrected chi connectivity index (χ1v) is 8.50. The normalized spacial score (nSPS) is 10.7. The average Bonchev–Trinajstić information content (AvgIpc) is 2.61. The molecule has 5 heteroatoms. The molecule has 0 unspecified atom stereocenters. The summed E-state index contributed by atoms with van der Waals surface area (Å²) in [6, 6.07) is 13.7. The fourth-order valence-electron chi connectivity index (χ4n) is 2.57. The van der Waals surface area contributed by atoms with E-state index in [4.69, 9.17) is 0 Å². The molecule has 0 aliphatic heterocycles. The van der Waals surface area contributed by atoms with Gasteiger partial charge in [-0.15, -0.1) is 10.2 Å². The molecule has 0 aliphatic rings. The Bertz CT molecular complexity index is 636. The van der Waals surface area contributed by atoms with E-state index < -0.39 is 0 Å². The number of amides is 1. The lowest BCUT2D eigenvalue weighted by atomic mass is 10.1. The maximum atomic E-state index is 12.8. The molecule has 0 radical (unpaired) electrons. The van der Waals surface area contributed by atoms with Crippen LogP contribution in [0.25, 0.3) is 0 Å². The van der Waals surface area contributed by atoms with Crippen molar-refractivity contribution in [1.29, 1.82) is 0 Å². The lowest BCUT2D eigenvalue weighted by Crippen LogP contribution is -2.37. The van der Waals surface area contributed by atoms with Crippen LogP contribution in [0.3, 0.4) is 0 Å². The van der Waals surface area contributed by atoms with Crippen molar-refractivity contribution in [2.24, 2.45) is 0 Å². The van der Waals surface area contributed by atoms with E-state index in [0.717, 1.165) is 24.5 Å². The number of carbonyl (C=O) groups is 1. The van der Waals surface area contributed by atoms with Crippen LogP contribution in [-0.2, 0) is 6.54 Å². The molecular weight excluding hydrogens is 300 g/mol. The Balaban J connectivity index is 2.17. The third kappa shape index (κ3) is 4.31. The second-order valence-electron chi connectivity index (χ2n) is 5.96. The van der Waals surface area contributed by atoms with Gasteiger partial charge in [0.2, 0.25) is 0 Å². The quantitative estimate of drug-likeness (QED) is 0.783. The zero-order chi connectivity index (χ0) is 17.5. The minimum atomic E-state index is -0.0903. The molecular formula is C19H26N4O. The minimum absolute atomic E-state index is 0.0852. The molecule has 128 valence electrons. The number of nitrogens with zero attached hydrogens (tertiary/aromatic N) is 4. The van der Waals surface area contributed by atoms with Crippen molar-refractivity contribution in [2.75, 3.05) is 18.0 Å². The van der Waals surface area contributed by atoms with Gasteiger partial charge in [-0.2, -0.15) is 0 Å². The summed E-state index contributed by atoms with van der Waals surface area (Å²) in [4.78, 5) is 16.7. The molecule has 1 aromatic heterocycles. The number of anilines is 1. The van der Waals surface area contributed by atoms with Gasteiger partial charge in [0, 0.05) is 25.7 Å². The minimum Gasteiger partial charge on any atom is -0.356 e. The van der Waals surface area contributed by atoms with Gasteiger partial charge in [0.25, 0.3) is 5.91 Å². The van der Waals surface area contributed by atoms with Crippen LogP contribution >= 0.6 is 0 Å². The van der Waals surface area contributed by atoms with Crippen LogP contribution in [0.1, 0.15) is 43.7 Å². The number of carbonyl (C=O) groups excluding carboxylic acids is 1. The Morgan fingerprint density at radius 2 is 1.67 bits per heavy atom. The Hall–Kier alpha value is -2.43. The summed E-state index contributed by atoms with van der Waals surface area (Å²) < 4.78 is 0. The first-order valence-electron chi connectivity index (χ1n) is 8.50.